The van der Waals surface area contributed by atoms with Crippen LogP contribution in [0, 0.1) is 5.92 Å². The molecule has 3 nitrogen and oxygen atoms in total. The van der Waals surface area contributed by atoms with E-state index in [0.29, 0.717) is 12.6 Å². The summed E-state index contributed by atoms with van der Waals surface area (Å²) in [6.45, 7) is 1.41. The highest BCUT2D eigenvalue weighted by atomic mass is 16.1. The summed E-state index contributed by atoms with van der Waals surface area (Å²) in [5.41, 5.74) is 0. The van der Waals surface area contributed by atoms with E-state index in [0.717, 1.165) is 12.5 Å². The molecule has 0 heterocycles. The third kappa shape index (κ3) is 2.99. The summed E-state index contributed by atoms with van der Waals surface area (Å²) in [7, 11) is 0. The maximum absolute atomic E-state index is 11.2. The van der Waals surface area contributed by atoms with E-state index >= 15 is 0 Å². The molecule has 0 atom stereocenters. The zero-order chi connectivity index (χ0) is 9.10. The Balaban J connectivity index is 1.49. The van der Waals surface area contributed by atoms with Crippen molar-refractivity contribution in [1.82, 2.24) is 10.6 Å². The van der Waals surface area contributed by atoms with E-state index in [4.69, 9.17) is 0 Å². The Hall–Kier alpha value is -0.570. The van der Waals surface area contributed by atoms with Crippen LogP contribution in [0.3, 0.4) is 0 Å². The summed E-state index contributed by atoms with van der Waals surface area (Å²) in [6.07, 6.45) is 6.42. The molecule has 1 amide bonds. The lowest BCUT2D eigenvalue weighted by Crippen LogP contribution is -2.42. The number of carbonyl (C=O) groups is 1. The van der Waals surface area contributed by atoms with Crippen molar-refractivity contribution in [3.63, 3.8) is 0 Å². The van der Waals surface area contributed by atoms with Crippen molar-refractivity contribution in [3.8, 4) is 0 Å². The van der Waals surface area contributed by atoms with Crippen LogP contribution in [0.4, 0.5) is 0 Å². The minimum absolute atomic E-state index is 0.166. The van der Waals surface area contributed by atoms with Gasteiger partial charge in [0, 0.05) is 12.6 Å². The van der Waals surface area contributed by atoms with Crippen LogP contribution in [-0.2, 0) is 4.79 Å². The van der Waals surface area contributed by atoms with Gasteiger partial charge in [0.1, 0.15) is 0 Å². The van der Waals surface area contributed by atoms with Gasteiger partial charge in [-0.05, 0) is 31.6 Å². The van der Waals surface area contributed by atoms with Crippen LogP contribution in [0.1, 0.15) is 32.1 Å². The number of hydrogen-bond donors (Lipinski definition) is 2. The van der Waals surface area contributed by atoms with Gasteiger partial charge in [0.2, 0.25) is 5.91 Å². The third-order valence-electron chi connectivity index (χ3n) is 2.94. The largest absolute Gasteiger partial charge is 0.355 e. The van der Waals surface area contributed by atoms with Crippen LogP contribution >= 0.6 is 0 Å². The maximum Gasteiger partial charge on any atom is 0.233 e. The molecular formula is C10H18N2O. The smallest absolute Gasteiger partial charge is 0.233 e. The molecule has 3 heteroatoms. The molecule has 2 fully saturated rings. The van der Waals surface area contributed by atoms with Crippen LogP contribution in [0.25, 0.3) is 0 Å². The predicted molar refractivity (Wildman–Crippen MR) is 51.4 cm³/mol. The second-order valence-electron chi connectivity index (χ2n) is 4.26. The Labute approximate surface area is 79.3 Å². The van der Waals surface area contributed by atoms with Crippen molar-refractivity contribution in [1.29, 1.82) is 0 Å². The molecule has 74 valence electrons. The minimum atomic E-state index is 0.166. The minimum Gasteiger partial charge on any atom is -0.355 e. The second kappa shape index (κ2) is 4.09. The molecule has 0 aromatic heterocycles. The summed E-state index contributed by atoms with van der Waals surface area (Å²) < 4.78 is 0. The van der Waals surface area contributed by atoms with E-state index in [1.54, 1.807) is 0 Å². The number of rotatable bonds is 5. The summed E-state index contributed by atoms with van der Waals surface area (Å²) in [5, 5.41) is 6.20. The monoisotopic (exact) mass is 182 g/mol. The van der Waals surface area contributed by atoms with Gasteiger partial charge in [0.15, 0.2) is 0 Å². The van der Waals surface area contributed by atoms with Crippen molar-refractivity contribution in [2.24, 2.45) is 5.92 Å². The Morgan fingerprint density at radius 2 is 2.00 bits per heavy atom. The van der Waals surface area contributed by atoms with Gasteiger partial charge in [-0.15, -0.1) is 0 Å². The lowest BCUT2D eigenvalue weighted by atomic mass is 9.93. The molecule has 0 saturated heterocycles. The van der Waals surface area contributed by atoms with Gasteiger partial charge in [-0.2, -0.15) is 0 Å². The molecule has 0 aromatic carbocycles. The molecule has 0 unspecified atom stereocenters. The highest BCUT2D eigenvalue weighted by Crippen LogP contribution is 2.27. The lowest BCUT2D eigenvalue weighted by molar-refractivity contribution is -0.120. The van der Waals surface area contributed by atoms with Crippen LogP contribution in [0.15, 0.2) is 0 Å². The molecule has 2 N–H and O–H groups in total. The number of nitrogens with one attached hydrogen (secondary N) is 2. The van der Waals surface area contributed by atoms with Crippen molar-refractivity contribution < 1.29 is 4.79 Å². The third-order valence-corrected chi connectivity index (χ3v) is 2.94. The zero-order valence-electron chi connectivity index (χ0n) is 8.01. The fraction of sp³-hybridized carbons (Fsp3) is 0.900. The van der Waals surface area contributed by atoms with Gasteiger partial charge in [0.05, 0.1) is 6.54 Å². The summed E-state index contributed by atoms with van der Waals surface area (Å²) in [6, 6.07) is 0.617. The number of hydrogen-bond acceptors (Lipinski definition) is 2. The number of carbonyl (C=O) groups excluding carboxylic acids is 1. The van der Waals surface area contributed by atoms with E-state index in [9.17, 15) is 4.79 Å². The first-order valence-electron chi connectivity index (χ1n) is 5.34. The summed E-state index contributed by atoms with van der Waals surface area (Å²) >= 11 is 0. The Kier molecular flexibility index (Phi) is 2.83. The van der Waals surface area contributed by atoms with Crippen LogP contribution in [0.5, 0.6) is 0 Å². The van der Waals surface area contributed by atoms with E-state index in [-0.39, 0.29) is 5.91 Å². The lowest BCUT2D eigenvalue weighted by Gasteiger charge is -2.26. The normalized spacial score (nSPS) is 22.5. The van der Waals surface area contributed by atoms with Crippen LogP contribution in [-0.4, -0.2) is 25.0 Å². The summed E-state index contributed by atoms with van der Waals surface area (Å²) in [5.74, 6) is 0.950. The highest BCUT2D eigenvalue weighted by Gasteiger charge is 2.22. The molecule has 0 aromatic rings. The molecule has 13 heavy (non-hydrogen) atoms. The molecule has 0 bridgehead atoms. The van der Waals surface area contributed by atoms with Gasteiger partial charge >= 0.3 is 0 Å². The van der Waals surface area contributed by atoms with E-state index in [2.05, 4.69) is 10.6 Å². The SMILES string of the molecule is O=C(CNC1CCC1)NCC1CC1. The van der Waals surface area contributed by atoms with Gasteiger partial charge < -0.3 is 10.6 Å². The Morgan fingerprint density at radius 3 is 2.54 bits per heavy atom. The number of amides is 1. The maximum atomic E-state index is 11.2. The fourth-order valence-corrected chi connectivity index (χ4v) is 1.49. The van der Waals surface area contributed by atoms with Gasteiger partial charge in [-0.25, -0.2) is 0 Å². The highest BCUT2D eigenvalue weighted by molar-refractivity contribution is 5.78. The van der Waals surface area contributed by atoms with Crippen molar-refractivity contribution >= 4 is 5.91 Å². The zero-order valence-corrected chi connectivity index (χ0v) is 8.01. The van der Waals surface area contributed by atoms with E-state index in [1.807, 2.05) is 0 Å². The molecule has 2 aliphatic carbocycles. The molecular weight excluding hydrogens is 164 g/mol. The summed E-state index contributed by atoms with van der Waals surface area (Å²) in [4.78, 5) is 11.2. The van der Waals surface area contributed by atoms with Crippen molar-refractivity contribution in [3.05, 3.63) is 0 Å². The van der Waals surface area contributed by atoms with Crippen LogP contribution in [0.2, 0.25) is 0 Å². The topological polar surface area (TPSA) is 41.1 Å². The first kappa shape index (κ1) is 9.00. The van der Waals surface area contributed by atoms with E-state index in [1.165, 1.54) is 32.1 Å². The quantitative estimate of drug-likeness (QED) is 0.655. The molecule has 2 rings (SSSR count). The van der Waals surface area contributed by atoms with E-state index < -0.39 is 0 Å². The Bertz CT molecular complexity index is 185. The molecule has 0 radical (unpaired) electrons. The molecule has 0 aliphatic heterocycles. The van der Waals surface area contributed by atoms with Crippen LogP contribution < -0.4 is 10.6 Å². The average Bonchev–Trinajstić information content (AvgIpc) is 2.80. The molecule has 2 saturated carbocycles. The standard InChI is InChI=1S/C10H18N2O/c13-10(12-6-8-4-5-8)7-11-9-2-1-3-9/h8-9,11H,1-7H2,(H,12,13). The molecule has 2 aliphatic rings. The predicted octanol–water partition coefficient (Wildman–Crippen LogP) is 0.655. The first-order valence-corrected chi connectivity index (χ1v) is 5.34. The van der Waals surface area contributed by atoms with Gasteiger partial charge in [-0.1, -0.05) is 6.42 Å². The van der Waals surface area contributed by atoms with Crippen molar-refractivity contribution in [2.75, 3.05) is 13.1 Å². The van der Waals surface area contributed by atoms with Gasteiger partial charge in [-0.3, -0.25) is 4.79 Å². The fourth-order valence-electron chi connectivity index (χ4n) is 1.49. The van der Waals surface area contributed by atoms with Crippen molar-refractivity contribution in [2.45, 2.75) is 38.1 Å². The second-order valence-corrected chi connectivity index (χ2v) is 4.26. The Morgan fingerprint density at radius 1 is 1.23 bits per heavy atom. The van der Waals surface area contributed by atoms with Gasteiger partial charge in [0.25, 0.3) is 0 Å². The molecule has 0 spiro atoms. The first-order chi connectivity index (χ1) is 6.34. The average molecular weight is 182 g/mol.